The number of ether oxygens (including phenoxy) is 1. The molecule has 0 radical (unpaired) electrons. The van der Waals surface area contributed by atoms with Gasteiger partial charge in [-0.1, -0.05) is 30.3 Å². The first-order chi connectivity index (χ1) is 11.1. The third kappa shape index (κ3) is 2.25. The normalized spacial score (nSPS) is 16.8. The van der Waals surface area contributed by atoms with E-state index in [0.717, 1.165) is 23.4 Å². The molecule has 0 spiro atoms. The summed E-state index contributed by atoms with van der Waals surface area (Å²) in [7, 11) is 0. The highest BCUT2D eigenvalue weighted by atomic mass is 16.5. The van der Waals surface area contributed by atoms with Gasteiger partial charge in [0.25, 0.3) is 0 Å². The molecule has 0 unspecified atom stereocenters. The quantitative estimate of drug-likeness (QED) is 0.758. The Balaban J connectivity index is 1.87. The predicted molar refractivity (Wildman–Crippen MR) is 85.9 cm³/mol. The number of hydrogen-bond donors (Lipinski definition) is 2. The second kappa shape index (κ2) is 5.12. The summed E-state index contributed by atoms with van der Waals surface area (Å²) in [5.41, 5.74) is 3.54. The van der Waals surface area contributed by atoms with Crippen molar-refractivity contribution in [3.8, 4) is 5.75 Å². The first-order valence-corrected chi connectivity index (χ1v) is 7.60. The molecule has 5 heteroatoms. The molecule has 0 saturated heterocycles. The molecule has 2 heterocycles. The van der Waals surface area contributed by atoms with Crippen LogP contribution in [-0.4, -0.2) is 21.0 Å². The SMILES string of the molecule is Cc1nc2c3c(c(C(=O)O)cc2[nH]1)CC[C@@H](c1ccccc1)O3. The number of rotatable bonds is 2. The number of nitrogens with one attached hydrogen (secondary N) is 1. The number of H-pyrrole nitrogens is 1. The molecule has 116 valence electrons. The summed E-state index contributed by atoms with van der Waals surface area (Å²) >= 11 is 0. The van der Waals surface area contributed by atoms with Crippen molar-refractivity contribution in [2.75, 3.05) is 0 Å². The number of aromatic amines is 1. The van der Waals surface area contributed by atoms with Crippen LogP contribution in [0.2, 0.25) is 0 Å². The smallest absolute Gasteiger partial charge is 0.336 e. The number of nitrogens with zero attached hydrogens (tertiary/aromatic N) is 1. The number of carboxylic acid groups (broad SMARTS) is 1. The highest BCUT2D eigenvalue weighted by molar-refractivity contribution is 5.97. The van der Waals surface area contributed by atoms with Crippen molar-refractivity contribution in [1.82, 2.24) is 9.97 Å². The average Bonchev–Trinajstić information content (AvgIpc) is 2.95. The van der Waals surface area contributed by atoms with Gasteiger partial charge in [0.2, 0.25) is 0 Å². The van der Waals surface area contributed by atoms with Crippen LogP contribution in [0.1, 0.15) is 39.8 Å². The zero-order chi connectivity index (χ0) is 16.0. The molecule has 0 bridgehead atoms. The summed E-state index contributed by atoms with van der Waals surface area (Å²) < 4.78 is 6.19. The van der Waals surface area contributed by atoms with Gasteiger partial charge in [0, 0.05) is 5.56 Å². The number of fused-ring (bicyclic) bond motifs is 3. The van der Waals surface area contributed by atoms with E-state index in [4.69, 9.17) is 4.74 Å². The average molecular weight is 308 g/mol. The van der Waals surface area contributed by atoms with E-state index in [1.807, 2.05) is 37.3 Å². The fraction of sp³-hybridized carbons (Fsp3) is 0.222. The first-order valence-electron chi connectivity index (χ1n) is 7.60. The monoisotopic (exact) mass is 308 g/mol. The number of aromatic carboxylic acids is 1. The van der Waals surface area contributed by atoms with E-state index in [1.165, 1.54) is 0 Å². The number of benzene rings is 2. The number of aromatic nitrogens is 2. The number of carbonyl (C=O) groups is 1. The van der Waals surface area contributed by atoms with Crippen LogP contribution in [-0.2, 0) is 6.42 Å². The molecule has 1 aliphatic rings. The van der Waals surface area contributed by atoms with E-state index in [-0.39, 0.29) is 6.10 Å². The Morgan fingerprint density at radius 2 is 2.13 bits per heavy atom. The molecule has 3 aromatic rings. The fourth-order valence-electron chi connectivity index (χ4n) is 3.23. The Kier molecular flexibility index (Phi) is 3.08. The molecule has 0 amide bonds. The highest BCUT2D eigenvalue weighted by Crippen LogP contribution is 2.41. The van der Waals surface area contributed by atoms with Crippen molar-refractivity contribution >= 4 is 17.0 Å². The van der Waals surface area contributed by atoms with E-state index in [2.05, 4.69) is 9.97 Å². The highest BCUT2D eigenvalue weighted by Gasteiger charge is 2.28. The summed E-state index contributed by atoms with van der Waals surface area (Å²) in [5.74, 6) is 0.414. The van der Waals surface area contributed by atoms with Crippen molar-refractivity contribution in [2.24, 2.45) is 0 Å². The Labute approximate surface area is 132 Å². The number of carboxylic acids is 1. The lowest BCUT2D eigenvalue weighted by Gasteiger charge is -2.27. The lowest BCUT2D eigenvalue weighted by Crippen LogP contribution is -2.18. The van der Waals surface area contributed by atoms with Gasteiger partial charge in [-0.2, -0.15) is 0 Å². The molecule has 0 saturated carbocycles. The maximum absolute atomic E-state index is 11.6. The van der Waals surface area contributed by atoms with Crippen molar-refractivity contribution in [1.29, 1.82) is 0 Å². The molecular weight excluding hydrogens is 292 g/mol. The maximum Gasteiger partial charge on any atom is 0.336 e. The zero-order valence-electron chi connectivity index (χ0n) is 12.7. The number of aryl methyl sites for hydroxylation is 1. The molecule has 0 aliphatic carbocycles. The lowest BCUT2D eigenvalue weighted by atomic mass is 9.93. The molecule has 2 aromatic carbocycles. The fourth-order valence-corrected chi connectivity index (χ4v) is 3.23. The van der Waals surface area contributed by atoms with Crippen LogP contribution in [0.4, 0.5) is 0 Å². The second-order valence-electron chi connectivity index (χ2n) is 5.81. The van der Waals surface area contributed by atoms with Crippen LogP contribution in [0.25, 0.3) is 11.0 Å². The lowest BCUT2D eigenvalue weighted by molar-refractivity contribution is 0.0693. The minimum atomic E-state index is -0.933. The Hall–Kier alpha value is -2.82. The molecule has 1 aromatic heterocycles. The summed E-state index contributed by atoms with van der Waals surface area (Å²) in [5, 5.41) is 9.50. The van der Waals surface area contributed by atoms with Gasteiger partial charge in [-0.3, -0.25) is 0 Å². The third-order valence-corrected chi connectivity index (χ3v) is 4.27. The summed E-state index contributed by atoms with van der Waals surface area (Å²) in [6.07, 6.45) is 1.35. The van der Waals surface area contributed by atoms with Gasteiger partial charge in [-0.15, -0.1) is 0 Å². The van der Waals surface area contributed by atoms with Crippen LogP contribution in [0.15, 0.2) is 36.4 Å². The summed E-state index contributed by atoms with van der Waals surface area (Å²) in [6.45, 7) is 1.85. The van der Waals surface area contributed by atoms with Crippen molar-refractivity contribution in [3.63, 3.8) is 0 Å². The van der Waals surface area contributed by atoms with E-state index in [0.29, 0.717) is 28.8 Å². The van der Waals surface area contributed by atoms with Crippen LogP contribution in [0.3, 0.4) is 0 Å². The van der Waals surface area contributed by atoms with Gasteiger partial charge >= 0.3 is 5.97 Å². The zero-order valence-corrected chi connectivity index (χ0v) is 12.7. The van der Waals surface area contributed by atoms with Crippen LogP contribution in [0.5, 0.6) is 5.75 Å². The predicted octanol–water partition coefficient (Wildman–Crippen LogP) is 3.64. The summed E-state index contributed by atoms with van der Waals surface area (Å²) in [6, 6.07) is 11.7. The van der Waals surface area contributed by atoms with E-state index in [9.17, 15) is 9.90 Å². The molecular formula is C18H16N2O3. The molecule has 1 atom stereocenters. The van der Waals surface area contributed by atoms with Crippen LogP contribution in [0, 0.1) is 6.92 Å². The Morgan fingerprint density at radius 1 is 1.35 bits per heavy atom. The Morgan fingerprint density at radius 3 is 2.87 bits per heavy atom. The topological polar surface area (TPSA) is 75.2 Å². The third-order valence-electron chi connectivity index (χ3n) is 4.27. The van der Waals surface area contributed by atoms with Crippen molar-refractivity contribution < 1.29 is 14.6 Å². The van der Waals surface area contributed by atoms with Gasteiger partial charge in [0.15, 0.2) is 5.75 Å². The van der Waals surface area contributed by atoms with Crippen LogP contribution < -0.4 is 4.74 Å². The van der Waals surface area contributed by atoms with E-state index >= 15 is 0 Å². The molecule has 0 fully saturated rings. The molecule has 23 heavy (non-hydrogen) atoms. The van der Waals surface area contributed by atoms with Crippen molar-refractivity contribution in [2.45, 2.75) is 25.9 Å². The largest absolute Gasteiger partial charge is 0.483 e. The minimum absolute atomic E-state index is 0.0760. The first kappa shape index (κ1) is 13.8. The van der Waals surface area contributed by atoms with Gasteiger partial charge in [-0.25, -0.2) is 9.78 Å². The molecule has 2 N–H and O–H groups in total. The Bertz CT molecular complexity index is 900. The number of imidazole rings is 1. The molecule has 4 rings (SSSR count). The minimum Gasteiger partial charge on any atom is -0.483 e. The van der Waals surface area contributed by atoms with Gasteiger partial charge in [0.05, 0.1) is 11.1 Å². The molecule has 5 nitrogen and oxygen atoms in total. The van der Waals surface area contributed by atoms with E-state index < -0.39 is 5.97 Å². The second-order valence-corrected chi connectivity index (χ2v) is 5.81. The van der Waals surface area contributed by atoms with E-state index in [1.54, 1.807) is 6.07 Å². The molecule has 1 aliphatic heterocycles. The maximum atomic E-state index is 11.6. The van der Waals surface area contributed by atoms with Crippen LogP contribution >= 0.6 is 0 Å². The summed E-state index contributed by atoms with van der Waals surface area (Å²) in [4.78, 5) is 19.2. The van der Waals surface area contributed by atoms with Gasteiger partial charge in [-0.05, 0) is 31.4 Å². The standard InChI is InChI=1S/C18H16N2O3/c1-10-19-14-9-13(18(21)22)12-7-8-15(11-5-3-2-4-6-11)23-17(12)16(14)20-10/h2-6,9,15H,7-8H2,1H3,(H,19,20)(H,21,22)/t15-/m0/s1. The number of hydrogen-bond acceptors (Lipinski definition) is 3. The van der Waals surface area contributed by atoms with Gasteiger partial charge in [0.1, 0.15) is 17.4 Å². The van der Waals surface area contributed by atoms with Gasteiger partial charge < -0.3 is 14.8 Å². The van der Waals surface area contributed by atoms with Crippen molar-refractivity contribution in [3.05, 3.63) is 58.9 Å².